The number of nitrogens with zero attached hydrogens (tertiary/aromatic N) is 2. The summed E-state index contributed by atoms with van der Waals surface area (Å²) in [6, 6.07) is 0. The van der Waals surface area contributed by atoms with E-state index in [-0.39, 0.29) is 6.54 Å². The van der Waals surface area contributed by atoms with Gasteiger partial charge in [0, 0.05) is 39.3 Å². The number of ether oxygens (including phenoxy) is 1. The minimum Gasteiger partial charge on any atom is -0.390 e. The molecule has 0 spiro atoms. The van der Waals surface area contributed by atoms with Crippen LogP contribution in [-0.4, -0.2) is 91.8 Å². The van der Waals surface area contributed by atoms with Crippen LogP contribution >= 0.6 is 0 Å². The van der Waals surface area contributed by atoms with Gasteiger partial charge in [0.2, 0.25) is 0 Å². The molecule has 1 fully saturated rings. The molecule has 0 radical (unpaired) electrons. The standard InChI is InChI=1S/C11H25N3O3/c1-13(7-10(15)6-12)8-11(16)9-14-2-4-17-5-3-14/h10-11,15-16H,2-9,12H2,1H3/t10-,11+/m0/s1. The van der Waals surface area contributed by atoms with Gasteiger partial charge in [0.05, 0.1) is 25.4 Å². The molecule has 102 valence electrons. The Morgan fingerprint density at radius 1 is 1.24 bits per heavy atom. The van der Waals surface area contributed by atoms with E-state index in [1.165, 1.54) is 0 Å². The lowest BCUT2D eigenvalue weighted by molar-refractivity contribution is 0.00601. The lowest BCUT2D eigenvalue weighted by Crippen LogP contribution is -2.45. The zero-order chi connectivity index (χ0) is 12.7. The van der Waals surface area contributed by atoms with Crippen molar-refractivity contribution in [3.8, 4) is 0 Å². The van der Waals surface area contributed by atoms with E-state index in [9.17, 15) is 10.2 Å². The topological polar surface area (TPSA) is 82.2 Å². The highest BCUT2D eigenvalue weighted by Crippen LogP contribution is 2.00. The van der Waals surface area contributed by atoms with Crippen molar-refractivity contribution in [1.29, 1.82) is 0 Å². The fourth-order valence-corrected chi connectivity index (χ4v) is 2.01. The molecule has 0 unspecified atom stereocenters. The molecule has 0 aliphatic carbocycles. The van der Waals surface area contributed by atoms with Gasteiger partial charge in [0.1, 0.15) is 0 Å². The van der Waals surface area contributed by atoms with E-state index in [4.69, 9.17) is 10.5 Å². The molecule has 17 heavy (non-hydrogen) atoms. The first-order valence-electron chi connectivity index (χ1n) is 6.16. The third kappa shape index (κ3) is 6.30. The fourth-order valence-electron chi connectivity index (χ4n) is 2.01. The van der Waals surface area contributed by atoms with Crippen LogP contribution in [0, 0.1) is 0 Å². The first kappa shape index (κ1) is 14.8. The van der Waals surface area contributed by atoms with E-state index in [2.05, 4.69) is 4.90 Å². The monoisotopic (exact) mass is 247 g/mol. The number of aliphatic hydroxyl groups is 2. The normalized spacial score (nSPS) is 21.7. The van der Waals surface area contributed by atoms with Crippen molar-refractivity contribution in [2.24, 2.45) is 5.73 Å². The summed E-state index contributed by atoms with van der Waals surface area (Å²) in [7, 11) is 1.88. The van der Waals surface area contributed by atoms with Crippen LogP contribution in [0.25, 0.3) is 0 Å². The van der Waals surface area contributed by atoms with E-state index in [0.29, 0.717) is 19.6 Å². The Labute approximate surface area is 103 Å². The fraction of sp³-hybridized carbons (Fsp3) is 1.00. The summed E-state index contributed by atoms with van der Waals surface area (Å²) in [5.41, 5.74) is 5.34. The van der Waals surface area contributed by atoms with Crippen molar-refractivity contribution in [1.82, 2.24) is 9.80 Å². The van der Waals surface area contributed by atoms with E-state index >= 15 is 0 Å². The van der Waals surface area contributed by atoms with Gasteiger partial charge in [-0.2, -0.15) is 0 Å². The summed E-state index contributed by atoms with van der Waals surface area (Å²) in [4.78, 5) is 4.10. The van der Waals surface area contributed by atoms with E-state index < -0.39 is 12.2 Å². The first-order valence-corrected chi connectivity index (χ1v) is 6.16. The Hall–Kier alpha value is -0.240. The minimum absolute atomic E-state index is 0.254. The van der Waals surface area contributed by atoms with Gasteiger partial charge >= 0.3 is 0 Å². The maximum Gasteiger partial charge on any atom is 0.0793 e. The van der Waals surface area contributed by atoms with Crippen LogP contribution in [0.1, 0.15) is 0 Å². The Kier molecular flexibility index (Phi) is 6.94. The summed E-state index contributed by atoms with van der Waals surface area (Å²) in [5, 5.41) is 19.3. The molecular weight excluding hydrogens is 222 g/mol. The Balaban J connectivity index is 2.16. The highest BCUT2D eigenvalue weighted by Gasteiger charge is 2.16. The van der Waals surface area contributed by atoms with Crippen LogP contribution < -0.4 is 5.73 Å². The Bertz CT molecular complexity index is 200. The molecule has 1 heterocycles. The molecule has 0 bridgehead atoms. The van der Waals surface area contributed by atoms with E-state index in [1.54, 1.807) is 0 Å². The van der Waals surface area contributed by atoms with E-state index in [0.717, 1.165) is 26.3 Å². The van der Waals surface area contributed by atoms with Crippen molar-refractivity contribution in [2.45, 2.75) is 12.2 Å². The van der Waals surface area contributed by atoms with Gasteiger partial charge in [-0.3, -0.25) is 4.90 Å². The van der Waals surface area contributed by atoms with Crippen LogP contribution in [0.4, 0.5) is 0 Å². The van der Waals surface area contributed by atoms with Crippen LogP contribution in [0.15, 0.2) is 0 Å². The minimum atomic E-state index is -0.518. The number of aliphatic hydroxyl groups excluding tert-OH is 2. The largest absolute Gasteiger partial charge is 0.390 e. The molecule has 1 aliphatic heterocycles. The average molecular weight is 247 g/mol. The zero-order valence-electron chi connectivity index (χ0n) is 10.6. The summed E-state index contributed by atoms with van der Waals surface area (Å²) in [6.45, 7) is 5.21. The molecule has 1 saturated heterocycles. The quantitative estimate of drug-likeness (QED) is 0.479. The number of rotatable bonds is 7. The molecule has 4 N–H and O–H groups in total. The van der Waals surface area contributed by atoms with Gasteiger partial charge in [0.15, 0.2) is 0 Å². The molecule has 6 heteroatoms. The molecule has 2 atom stereocenters. The molecule has 0 aromatic carbocycles. The average Bonchev–Trinajstić information content (AvgIpc) is 2.29. The molecule has 1 rings (SSSR count). The van der Waals surface area contributed by atoms with Gasteiger partial charge in [-0.25, -0.2) is 0 Å². The summed E-state index contributed by atoms with van der Waals surface area (Å²) in [5.74, 6) is 0. The van der Waals surface area contributed by atoms with Crippen molar-refractivity contribution in [3.63, 3.8) is 0 Å². The number of β-amino-alcohol motifs (C(OH)–C–C–N with tert-alkyl or cyclic N) is 1. The van der Waals surface area contributed by atoms with Gasteiger partial charge in [-0.15, -0.1) is 0 Å². The third-order valence-corrected chi connectivity index (χ3v) is 2.89. The highest BCUT2D eigenvalue weighted by molar-refractivity contribution is 4.71. The number of hydrogen-bond acceptors (Lipinski definition) is 6. The second-order valence-electron chi connectivity index (χ2n) is 4.68. The summed E-state index contributed by atoms with van der Waals surface area (Å²) < 4.78 is 5.25. The smallest absolute Gasteiger partial charge is 0.0793 e. The number of morpholine rings is 1. The van der Waals surface area contributed by atoms with Crippen molar-refractivity contribution in [3.05, 3.63) is 0 Å². The number of nitrogens with two attached hydrogens (primary N) is 1. The van der Waals surface area contributed by atoms with Gasteiger partial charge in [-0.05, 0) is 7.05 Å². The third-order valence-electron chi connectivity index (χ3n) is 2.89. The Morgan fingerprint density at radius 3 is 2.41 bits per heavy atom. The van der Waals surface area contributed by atoms with Gasteiger partial charge in [0.25, 0.3) is 0 Å². The first-order chi connectivity index (χ1) is 8.11. The number of hydrogen-bond donors (Lipinski definition) is 3. The molecule has 0 saturated carbocycles. The molecule has 6 nitrogen and oxygen atoms in total. The molecule has 1 aliphatic rings. The lowest BCUT2D eigenvalue weighted by Gasteiger charge is -2.30. The highest BCUT2D eigenvalue weighted by atomic mass is 16.5. The predicted molar refractivity (Wildman–Crippen MR) is 65.8 cm³/mol. The molecule has 0 amide bonds. The Morgan fingerprint density at radius 2 is 1.82 bits per heavy atom. The maximum atomic E-state index is 9.92. The molecule has 0 aromatic heterocycles. The van der Waals surface area contributed by atoms with Crippen LogP contribution in [0.2, 0.25) is 0 Å². The van der Waals surface area contributed by atoms with Crippen molar-refractivity contribution >= 4 is 0 Å². The maximum absolute atomic E-state index is 9.92. The molecular formula is C11H25N3O3. The SMILES string of the molecule is CN(C[C@@H](O)CN1CCOCC1)C[C@@H](O)CN. The van der Waals surface area contributed by atoms with Gasteiger partial charge in [-0.1, -0.05) is 0 Å². The van der Waals surface area contributed by atoms with Crippen molar-refractivity contribution in [2.75, 3.05) is 59.5 Å². The van der Waals surface area contributed by atoms with Crippen LogP contribution in [-0.2, 0) is 4.74 Å². The lowest BCUT2D eigenvalue weighted by atomic mass is 10.2. The number of likely N-dealkylation sites (N-methyl/N-ethyl adjacent to an activating group) is 1. The van der Waals surface area contributed by atoms with E-state index in [1.807, 2.05) is 11.9 Å². The van der Waals surface area contributed by atoms with Gasteiger partial charge < -0.3 is 25.6 Å². The zero-order valence-corrected chi connectivity index (χ0v) is 10.6. The van der Waals surface area contributed by atoms with Crippen LogP contribution in [0.5, 0.6) is 0 Å². The van der Waals surface area contributed by atoms with Crippen molar-refractivity contribution < 1.29 is 14.9 Å². The second-order valence-corrected chi connectivity index (χ2v) is 4.68. The summed E-state index contributed by atoms with van der Waals surface area (Å²) >= 11 is 0. The molecule has 0 aromatic rings. The van der Waals surface area contributed by atoms with Crippen LogP contribution in [0.3, 0.4) is 0 Å². The second kappa shape index (κ2) is 7.97. The summed E-state index contributed by atoms with van der Waals surface area (Å²) in [6.07, 6.45) is -0.918. The predicted octanol–water partition coefficient (Wildman–Crippen LogP) is -2.07.